The van der Waals surface area contributed by atoms with Crippen molar-refractivity contribution in [3.05, 3.63) is 0 Å². The summed E-state index contributed by atoms with van der Waals surface area (Å²) in [5, 5.41) is 0. The van der Waals surface area contributed by atoms with Gasteiger partial charge in [-0.25, -0.2) is 0 Å². The molecule has 0 aromatic heterocycles. The van der Waals surface area contributed by atoms with Gasteiger partial charge in [0, 0.05) is 12.8 Å². The quantitative estimate of drug-likeness (QED) is 0.615. The lowest BCUT2D eigenvalue weighted by Crippen LogP contribution is -2.42. The summed E-state index contributed by atoms with van der Waals surface area (Å²) in [7, 11) is 0. The number of rotatable bonds is 0. The molecule has 0 radical (unpaired) electrons. The van der Waals surface area contributed by atoms with E-state index in [0.717, 1.165) is 26.1 Å². The monoisotopic (exact) mass is 306 g/mol. The minimum absolute atomic E-state index is 0.291. The molecule has 1 saturated heterocycles. The summed E-state index contributed by atoms with van der Waals surface area (Å²) >= 11 is 0. The lowest BCUT2D eigenvalue weighted by Gasteiger charge is -2.43. The van der Waals surface area contributed by atoms with Gasteiger partial charge in [0.25, 0.3) is 0 Å². The van der Waals surface area contributed by atoms with Crippen molar-refractivity contribution in [1.82, 2.24) is 0 Å². The van der Waals surface area contributed by atoms with Crippen LogP contribution in [0.25, 0.3) is 0 Å². The first-order valence-electron chi connectivity index (χ1n) is 9.23. The second-order valence-corrected chi connectivity index (χ2v) is 11.2. The lowest BCUT2D eigenvalue weighted by atomic mass is 9.68. The van der Waals surface area contributed by atoms with Gasteiger partial charge >= 0.3 is 0 Å². The van der Waals surface area contributed by atoms with E-state index in [1.165, 1.54) is 25.7 Å². The van der Waals surface area contributed by atoms with E-state index in [4.69, 9.17) is 9.47 Å². The predicted molar refractivity (Wildman–Crippen MR) is 88.5 cm³/mol. The molecule has 2 nitrogen and oxygen atoms in total. The molecule has 0 N–H and O–H groups in total. The Bertz CT molecular complexity index is 460. The first-order valence-corrected chi connectivity index (χ1v) is 9.23. The molecule has 0 aromatic carbocycles. The first kappa shape index (κ1) is 15.4. The van der Waals surface area contributed by atoms with Crippen LogP contribution in [0.5, 0.6) is 0 Å². The average Bonchev–Trinajstić information content (AvgIpc) is 2.92. The van der Waals surface area contributed by atoms with Crippen molar-refractivity contribution in [3.8, 4) is 0 Å². The summed E-state index contributed by atoms with van der Waals surface area (Å²) in [6, 6.07) is 0. The van der Waals surface area contributed by atoms with Crippen molar-refractivity contribution in [1.29, 1.82) is 0 Å². The van der Waals surface area contributed by atoms with Crippen molar-refractivity contribution < 1.29 is 9.47 Å². The highest BCUT2D eigenvalue weighted by molar-refractivity contribution is 5.31. The average molecular weight is 306 g/mol. The Morgan fingerprint density at radius 3 is 1.36 bits per heavy atom. The summed E-state index contributed by atoms with van der Waals surface area (Å²) in [6.07, 6.45) is 7.64. The summed E-state index contributed by atoms with van der Waals surface area (Å²) in [5.41, 5.74) is 2.35. The highest BCUT2D eigenvalue weighted by Crippen LogP contribution is 2.91. The van der Waals surface area contributed by atoms with Gasteiger partial charge in [0.1, 0.15) is 0 Å². The van der Waals surface area contributed by atoms with Crippen molar-refractivity contribution in [2.45, 2.75) is 85.9 Å². The van der Waals surface area contributed by atoms with Crippen LogP contribution in [0.3, 0.4) is 0 Å². The summed E-state index contributed by atoms with van der Waals surface area (Å²) < 4.78 is 12.4. The van der Waals surface area contributed by atoms with Crippen LogP contribution < -0.4 is 0 Å². The standard InChI is InChI=1S/C20H34O2/c1-15(2)9-17(5)13-19(17)14-18(19,6)10-16(3,4)12-20(11-15)21-7-8-22-20/h7-14H2,1-6H3. The van der Waals surface area contributed by atoms with Crippen molar-refractivity contribution in [3.63, 3.8) is 0 Å². The molecule has 0 aromatic rings. The smallest absolute Gasteiger partial charge is 0.169 e. The zero-order valence-electron chi connectivity index (χ0n) is 15.5. The second kappa shape index (κ2) is 3.94. The molecule has 2 spiro atoms. The lowest BCUT2D eigenvalue weighted by molar-refractivity contribution is -0.202. The SMILES string of the molecule is CC1(C)CC2(CC(C)(C)CC3(C)CC34CC4(C)C1)OCCO2. The van der Waals surface area contributed by atoms with Crippen molar-refractivity contribution in [2.24, 2.45) is 27.1 Å². The van der Waals surface area contributed by atoms with Crippen LogP contribution in [0.15, 0.2) is 0 Å². The van der Waals surface area contributed by atoms with Gasteiger partial charge in [-0.3, -0.25) is 0 Å². The molecule has 4 fully saturated rings. The van der Waals surface area contributed by atoms with Crippen LogP contribution in [0.2, 0.25) is 0 Å². The molecule has 126 valence electrons. The Morgan fingerprint density at radius 1 is 0.545 bits per heavy atom. The van der Waals surface area contributed by atoms with E-state index in [-0.39, 0.29) is 5.79 Å². The second-order valence-electron chi connectivity index (χ2n) is 11.2. The maximum Gasteiger partial charge on any atom is 0.169 e. The minimum Gasteiger partial charge on any atom is -0.347 e. The van der Waals surface area contributed by atoms with Gasteiger partial charge in [0.2, 0.25) is 0 Å². The normalized spacial score (nSPS) is 51.0. The number of ether oxygens (including phenoxy) is 2. The molecule has 1 aliphatic heterocycles. The molecule has 4 rings (SSSR count). The highest BCUT2D eigenvalue weighted by atomic mass is 16.7. The Balaban J connectivity index is 1.70. The zero-order chi connectivity index (χ0) is 16.1. The summed E-state index contributed by atoms with van der Waals surface area (Å²) in [5.74, 6) is -0.330. The number of hydrogen-bond donors (Lipinski definition) is 0. The summed E-state index contributed by atoms with van der Waals surface area (Å²) in [4.78, 5) is 0. The minimum atomic E-state index is -0.330. The van der Waals surface area contributed by atoms with E-state index in [1.54, 1.807) is 0 Å². The Hall–Kier alpha value is -0.0800. The van der Waals surface area contributed by atoms with Crippen LogP contribution >= 0.6 is 0 Å². The number of hydrogen-bond acceptors (Lipinski definition) is 2. The molecular formula is C20H34O2. The van der Waals surface area contributed by atoms with E-state index in [1.807, 2.05) is 0 Å². The van der Waals surface area contributed by atoms with E-state index < -0.39 is 0 Å². The fourth-order valence-corrected chi connectivity index (χ4v) is 7.38. The van der Waals surface area contributed by atoms with E-state index in [0.29, 0.717) is 27.1 Å². The van der Waals surface area contributed by atoms with Gasteiger partial charge in [-0.1, -0.05) is 41.5 Å². The molecule has 22 heavy (non-hydrogen) atoms. The van der Waals surface area contributed by atoms with Gasteiger partial charge in [0.05, 0.1) is 13.2 Å². The van der Waals surface area contributed by atoms with Crippen molar-refractivity contribution >= 4 is 0 Å². The topological polar surface area (TPSA) is 18.5 Å². The third kappa shape index (κ3) is 2.05. The van der Waals surface area contributed by atoms with E-state index in [9.17, 15) is 0 Å². The van der Waals surface area contributed by atoms with Crippen molar-refractivity contribution in [2.75, 3.05) is 13.2 Å². The van der Waals surface area contributed by atoms with Crippen LogP contribution in [0.4, 0.5) is 0 Å². The molecule has 4 aliphatic rings. The molecular weight excluding hydrogens is 272 g/mol. The fourth-order valence-electron chi connectivity index (χ4n) is 7.38. The van der Waals surface area contributed by atoms with E-state index >= 15 is 0 Å². The van der Waals surface area contributed by atoms with Gasteiger partial charge in [-0.2, -0.15) is 0 Å². The summed E-state index contributed by atoms with van der Waals surface area (Å²) in [6.45, 7) is 16.4. The first-order chi connectivity index (χ1) is 9.95. The molecule has 0 amide bonds. The van der Waals surface area contributed by atoms with Gasteiger partial charge in [-0.05, 0) is 52.8 Å². The van der Waals surface area contributed by atoms with E-state index in [2.05, 4.69) is 41.5 Å². The van der Waals surface area contributed by atoms with Gasteiger partial charge in [-0.15, -0.1) is 0 Å². The molecule has 3 aliphatic carbocycles. The molecule has 2 unspecified atom stereocenters. The van der Waals surface area contributed by atoms with Crippen LogP contribution in [-0.4, -0.2) is 19.0 Å². The van der Waals surface area contributed by atoms with Gasteiger partial charge in [0.15, 0.2) is 5.79 Å². The third-order valence-electron chi connectivity index (χ3n) is 7.49. The Kier molecular flexibility index (Phi) is 2.76. The predicted octanol–water partition coefficient (Wildman–Crippen LogP) is 5.16. The molecule has 1 heterocycles. The van der Waals surface area contributed by atoms with Crippen LogP contribution in [-0.2, 0) is 9.47 Å². The third-order valence-corrected chi connectivity index (χ3v) is 7.49. The largest absolute Gasteiger partial charge is 0.347 e. The molecule has 3 saturated carbocycles. The van der Waals surface area contributed by atoms with Crippen LogP contribution in [0, 0.1) is 27.1 Å². The fraction of sp³-hybridized carbons (Fsp3) is 1.00. The molecule has 0 bridgehead atoms. The molecule has 2 heteroatoms. The Morgan fingerprint density at radius 2 is 0.955 bits per heavy atom. The Labute approximate surface area is 136 Å². The van der Waals surface area contributed by atoms with Gasteiger partial charge < -0.3 is 9.47 Å². The maximum atomic E-state index is 6.22. The maximum absolute atomic E-state index is 6.22. The molecule has 2 atom stereocenters. The van der Waals surface area contributed by atoms with Crippen LogP contribution in [0.1, 0.15) is 80.1 Å². The highest BCUT2D eigenvalue weighted by Gasteiger charge is 2.83. The zero-order valence-corrected chi connectivity index (χ0v) is 15.5.